The molecule has 0 fully saturated rings. The number of fused-ring (bicyclic) bond motifs is 1. The fourth-order valence-electron chi connectivity index (χ4n) is 1.30. The minimum Gasteiger partial charge on any atom is -0.494 e. The zero-order chi connectivity index (χ0) is 10.1. The van der Waals surface area contributed by atoms with Crippen LogP contribution in [-0.2, 0) is 0 Å². The Morgan fingerprint density at radius 2 is 2.14 bits per heavy atom. The molecule has 0 atom stereocenters. The molecule has 14 heavy (non-hydrogen) atoms. The van der Waals surface area contributed by atoms with Crippen molar-refractivity contribution in [2.45, 2.75) is 0 Å². The van der Waals surface area contributed by atoms with Crippen molar-refractivity contribution in [3.8, 4) is 5.75 Å². The van der Waals surface area contributed by atoms with Crippen molar-refractivity contribution in [1.82, 2.24) is 9.97 Å². The highest BCUT2D eigenvalue weighted by atomic mass is 19.1. The number of hydrogen-bond donors (Lipinski definition) is 1. The number of hydrogen-bond acceptors (Lipinski definition) is 4. The van der Waals surface area contributed by atoms with E-state index in [0.717, 1.165) is 0 Å². The van der Waals surface area contributed by atoms with Gasteiger partial charge in [0.1, 0.15) is 29.2 Å². The Kier molecular flexibility index (Phi) is 1.92. The van der Waals surface area contributed by atoms with Crippen LogP contribution in [0.3, 0.4) is 0 Å². The first-order valence-electron chi connectivity index (χ1n) is 3.96. The summed E-state index contributed by atoms with van der Waals surface area (Å²) < 4.78 is 18.4. The van der Waals surface area contributed by atoms with Gasteiger partial charge in [0.05, 0.1) is 12.5 Å². The van der Waals surface area contributed by atoms with Crippen molar-refractivity contribution in [1.29, 1.82) is 0 Å². The molecule has 2 aromatic rings. The van der Waals surface area contributed by atoms with Gasteiger partial charge in [-0.1, -0.05) is 0 Å². The lowest BCUT2D eigenvalue weighted by Gasteiger charge is -2.05. The van der Waals surface area contributed by atoms with E-state index < -0.39 is 5.82 Å². The van der Waals surface area contributed by atoms with Crippen molar-refractivity contribution in [2.75, 3.05) is 12.8 Å². The highest BCUT2D eigenvalue weighted by Crippen LogP contribution is 2.28. The Balaban J connectivity index is 2.91. The smallest absolute Gasteiger partial charge is 0.145 e. The Hall–Kier alpha value is -1.91. The van der Waals surface area contributed by atoms with Gasteiger partial charge in [0, 0.05) is 0 Å². The SMILES string of the molecule is COc1ccc(F)c2c(N)ncnc12. The van der Waals surface area contributed by atoms with Gasteiger partial charge in [-0.25, -0.2) is 14.4 Å². The third-order valence-electron chi connectivity index (χ3n) is 1.95. The lowest BCUT2D eigenvalue weighted by atomic mass is 10.2. The second-order valence-corrected chi connectivity index (χ2v) is 2.73. The normalized spacial score (nSPS) is 10.4. The fourth-order valence-corrected chi connectivity index (χ4v) is 1.30. The maximum Gasteiger partial charge on any atom is 0.145 e. The Labute approximate surface area is 79.5 Å². The van der Waals surface area contributed by atoms with Crippen LogP contribution in [0.15, 0.2) is 18.5 Å². The van der Waals surface area contributed by atoms with Gasteiger partial charge >= 0.3 is 0 Å². The lowest BCUT2D eigenvalue weighted by molar-refractivity contribution is 0.418. The zero-order valence-electron chi connectivity index (χ0n) is 7.49. The molecule has 0 radical (unpaired) electrons. The summed E-state index contributed by atoms with van der Waals surface area (Å²) >= 11 is 0. The number of methoxy groups -OCH3 is 1. The average molecular weight is 193 g/mol. The van der Waals surface area contributed by atoms with Crippen LogP contribution >= 0.6 is 0 Å². The van der Waals surface area contributed by atoms with Gasteiger partial charge in [-0.2, -0.15) is 0 Å². The van der Waals surface area contributed by atoms with Gasteiger partial charge in [0.25, 0.3) is 0 Å². The number of nitrogens with two attached hydrogens (primary N) is 1. The molecule has 0 aliphatic rings. The number of nitrogen functional groups attached to an aromatic ring is 1. The summed E-state index contributed by atoms with van der Waals surface area (Å²) in [5.74, 6) is 0.154. The van der Waals surface area contributed by atoms with Gasteiger partial charge in [-0.05, 0) is 12.1 Å². The van der Waals surface area contributed by atoms with E-state index in [2.05, 4.69) is 9.97 Å². The van der Waals surface area contributed by atoms with Crippen LogP contribution in [0, 0.1) is 5.82 Å². The minimum atomic E-state index is -0.445. The van der Waals surface area contributed by atoms with E-state index in [1.54, 1.807) is 0 Å². The molecule has 0 aliphatic heterocycles. The summed E-state index contributed by atoms with van der Waals surface area (Å²) in [6, 6.07) is 2.78. The van der Waals surface area contributed by atoms with Crippen LogP contribution in [0.5, 0.6) is 5.75 Å². The summed E-state index contributed by atoms with van der Waals surface area (Å²) in [5.41, 5.74) is 5.92. The van der Waals surface area contributed by atoms with E-state index in [1.807, 2.05) is 0 Å². The number of benzene rings is 1. The maximum atomic E-state index is 13.3. The summed E-state index contributed by atoms with van der Waals surface area (Å²) in [6.45, 7) is 0. The van der Waals surface area contributed by atoms with Crippen LogP contribution in [0.1, 0.15) is 0 Å². The predicted molar refractivity (Wildman–Crippen MR) is 50.5 cm³/mol. The van der Waals surface area contributed by atoms with Crippen molar-refractivity contribution < 1.29 is 9.13 Å². The minimum absolute atomic E-state index is 0.117. The van der Waals surface area contributed by atoms with Crippen molar-refractivity contribution >= 4 is 16.7 Å². The van der Waals surface area contributed by atoms with Gasteiger partial charge in [0.2, 0.25) is 0 Å². The van der Waals surface area contributed by atoms with Crippen molar-refractivity contribution in [2.24, 2.45) is 0 Å². The molecule has 0 saturated heterocycles. The first-order valence-corrected chi connectivity index (χ1v) is 3.96. The topological polar surface area (TPSA) is 61.0 Å². The molecule has 4 nitrogen and oxygen atoms in total. The van der Waals surface area contributed by atoms with E-state index in [-0.39, 0.29) is 11.2 Å². The number of ether oxygens (including phenoxy) is 1. The van der Waals surface area contributed by atoms with Gasteiger partial charge < -0.3 is 10.5 Å². The molecule has 2 rings (SSSR count). The highest BCUT2D eigenvalue weighted by molar-refractivity contribution is 5.92. The summed E-state index contributed by atoms with van der Waals surface area (Å²) in [6.07, 6.45) is 1.28. The fraction of sp³-hybridized carbons (Fsp3) is 0.111. The molecule has 0 saturated carbocycles. The molecule has 0 spiro atoms. The molecule has 2 N–H and O–H groups in total. The number of anilines is 1. The standard InChI is InChI=1S/C9H8FN3O/c1-14-6-3-2-5(10)7-8(6)12-4-13-9(7)11/h2-4H,1H3,(H2,11,12,13). The molecule has 5 heteroatoms. The van der Waals surface area contributed by atoms with Crippen molar-refractivity contribution in [3.63, 3.8) is 0 Å². The summed E-state index contributed by atoms with van der Waals surface area (Å²) in [4.78, 5) is 7.63. The van der Waals surface area contributed by atoms with Gasteiger partial charge in [0.15, 0.2) is 0 Å². The molecule has 1 heterocycles. The number of nitrogens with zero attached hydrogens (tertiary/aromatic N) is 2. The largest absolute Gasteiger partial charge is 0.494 e. The molecular weight excluding hydrogens is 185 g/mol. The maximum absolute atomic E-state index is 13.3. The second-order valence-electron chi connectivity index (χ2n) is 2.73. The summed E-state index contributed by atoms with van der Waals surface area (Å²) in [5, 5.41) is 0.201. The zero-order valence-corrected chi connectivity index (χ0v) is 7.49. The number of rotatable bonds is 1. The Morgan fingerprint density at radius 1 is 1.36 bits per heavy atom. The van der Waals surface area contributed by atoms with E-state index in [1.165, 1.54) is 25.6 Å². The molecule has 1 aromatic carbocycles. The first kappa shape index (κ1) is 8.68. The first-order chi connectivity index (χ1) is 6.74. The van der Waals surface area contributed by atoms with E-state index >= 15 is 0 Å². The van der Waals surface area contributed by atoms with Crippen molar-refractivity contribution in [3.05, 3.63) is 24.3 Å². The summed E-state index contributed by atoms with van der Waals surface area (Å²) in [7, 11) is 1.49. The number of halogens is 1. The molecule has 0 aliphatic carbocycles. The second kappa shape index (κ2) is 3.10. The quantitative estimate of drug-likeness (QED) is 0.742. The van der Waals surface area contributed by atoms with E-state index in [9.17, 15) is 4.39 Å². The predicted octanol–water partition coefficient (Wildman–Crippen LogP) is 1.36. The lowest BCUT2D eigenvalue weighted by Crippen LogP contribution is -1.97. The monoisotopic (exact) mass is 193 g/mol. The Morgan fingerprint density at radius 3 is 2.86 bits per heavy atom. The molecule has 72 valence electrons. The molecular formula is C9H8FN3O. The van der Waals surface area contributed by atoms with Gasteiger partial charge in [-0.3, -0.25) is 0 Å². The van der Waals surface area contributed by atoms with Crippen LogP contribution in [-0.4, -0.2) is 17.1 Å². The Bertz CT molecular complexity index is 478. The third kappa shape index (κ3) is 1.14. The van der Waals surface area contributed by atoms with Gasteiger partial charge in [-0.15, -0.1) is 0 Å². The van der Waals surface area contributed by atoms with Crippen LogP contribution < -0.4 is 10.5 Å². The molecule has 0 bridgehead atoms. The number of aromatic nitrogens is 2. The van der Waals surface area contributed by atoms with E-state index in [4.69, 9.17) is 10.5 Å². The molecule has 0 amide bonds. The van der Waals surface area contributed by atoms with Crippen LogP contribution in [0.2, 0.25) is 0 Å². The van der Waals surface area contributed by atoms with E-state index in [0.29, 0.717) is 11.3 Å². The molecule has 1 aromatic heterocycles. The average Bonchev–Trinajstić information content (AvgIpc) is 2.18. The third-order valence-corrected chi connectivity index (χ3v) is 1.95. The molecule has 0 unspecified atom stereocenters. The van der Waals surface area contributed by atoms with Crippen LogP contribution in [0.4, 0.5) is 10.2 Å². The van der Waals surface area contributed by atoms with Crippen LogP contribution in [0.25, 0.3) is 10.9 Å². The highest BCUT2D eigenvalue weighted by Gasteiger charge is 2.10.